The first-order valence-corrected chi connectivity index (χ1v) is 6.81. The molecule has 1 aromatic rings. The minimum atomic E-state index is -0.782. The smallest absolute Gasteiger partial charge is 0.306 e. The normalized spacial score (nSPS) is 23.8. The molecule has 0 saturated carbocycles. The summed E-state index contributed by atoms with van der Waals surface area (Å²) in [5.41, 5.74) is 0.565. The summed E-state index contributed by atoms with van der Waals surface area (Å²) in [5.74, 6) is -0.782. The number of hydrogen-bond donors (Lipinski definition) is 2. The number of ether oxygens (including phenoxy) is 1. The Hall–Kier alpha value is -1.39. The van der Waals surface area contributed by atoms with Crippen LogP contribution < -0.4 is 5.32 Å². The van der Waals surface area contributed by atoms with Gasteiger partial charge in [-0.05, 0) is 37.9 Å². The van der Waals surface area contributed by atoms with E-state index in [1.807, 2.05) is 30.3 Å². The van der Waals surface area contributed by atoms with E-state index in [-0.39, 0.29) is 6.42 Å². The van der Waals surface area contributed by atoms with Crippen LogP contribution in [0.5, 0.6) is 0 Å². The molecule has 2 rings (SSSR count). The van der Waals surface area contributed by atoms with Gasteiger partial charge in [0, 0.05) is 0 Å². The molecule has 0 aliphatic carbocycles. The second kappa shape index (κ2) is 6.68. The molecule has 1 fully saturated rings. The zero-order valence-corrected chi connectivity index (χ0v) is 11.1. The Morgan fingerprint density at radius 2 is 2.05 bits per heavy atom. The zero-order chi connectivity index (χ0) is 13.6. The molecule has 1 heterocycles. The highest BCUT2D eigenvalue weighted by atomic mass is 16.5. The average molecular weight is 263 g/mol. The van der Waals surface area contributed by atoms with Crippen molar-refractivity contribution < 1.29 is 14.6 Å². The third kappa shape index (κ3) is 4.33. The number of carbonyl (C=O) groups is 1. The lowest BCUT2D eigenvalue weighted by Gasteiger charge is -2.31. The second-order valence-corrected chi connectivity index (χ2v) is 5.13. The Balaban J connectivity index is 2.02. The van der Waals surface area contributed by atoms with E-state index < -0.39 is 11.6 Å². The van der Waals surface area contributed by atoms with Gasteiger partial charge in [0.05, 0.1) is 18.6 Å². The van der Waals surface area contributed by atoms with Crippen LogP contribution in [0.1, 0.15) is 31.2 Å². The molecular formula is C15H21NO3. The minimum Gasteiger partial charge on any atom is -0.481 e. The Morgan fingerprint density at radius 3 is 2.79 bits per heavy atom. The maximum atomic E-state index is 11.1. The highest BCUT2D eigenvalue weighted by molar-refractivity contribution is 5.68. The molecule has 19 heavy (non-hydrogen) atoms. The van der Waals surface area contributed by atoms with Gasteiger partial charge in [0.25, 0.3) is 0 Å². The molecular weight excluding hydrogens is 242 g/mol. The van der Waals surface area contributed by atoms with Gasteiger partial charge in [-0.3, -0.25) is 4.79 Å². The molecule has 104 valence electrons. The summed E-state index contributed by atoms with van der Waals surface area (Å²) in [4.78, 5) is 11.1. The van der Waals surface area contributed by atoms with Crippen LogP contribution in [0.4, 0.5) is 0 Å². The number of rotatable bonds is 5. The number of nitrogens with one attached hydrogen (secondary N) is 1. The molecule has 0 aromatic heterocycles. The van der Waals surface area contributed by atoms with Crippen LogP contribution in [0.15, 0.2) is 30.3 Å². The molecule has 4 nitrogen and oxygen atoms in total. The second-order valence-electron chi connectivity index (χ2n) is 5.13. The highest BCUT2D eigenvalue weighted by Crippen LogP contribution is 2.29. The quantitative estimate of drug-likeness (QED) is 0.855. The van der Waals surface area contributed by atoms with E-state index in [0.717, 1.165) is 37.9 Å². The Labute approximate surface area is 113 Å². The summed E-state index contributed by atoms with van der Waals surface area (Å²) >= 11 is 0. The first-order valence-electron chi connectivity index (χ1n) is 6.81. The lowest BCUT2D eigenvalue weighted by molar-refractivity contribution is -0.148. The van der Waals surface area contributed by atoms with Gasteiger partial charge in [-0.2, -0.15) is 0 Å². The van der Waals surface area contributed by atoms with Crippen LogP contribution in [0.3, 0.4) is 0 Å². The number of aliphatic carboxylic acids is 1. The van der Waals surface area contributed by atoms with E-state index in [1.165, 1.54) is 0 Å². The number of carboxylic acids is 1. The van der Waals surface area contributed by atoms with E-state index in [1.54, 1.807) is 0 Å². The first-order chi connectivity index (χ1) is 9.20. The van der Waals surface area contributed by atoms with Crippen molar-refractivity contribution in [1.29, 1.82) is 0 Å². The molecule has 1 unspecified atom stereocenters. The SMILES string of the molecule is O=C(O)CC1(OCc2ccccc2)CCCNCC1. The number of carboxylic acid groups (broad SMARTS) is 1. The van der Waals surface area contributed by atoms with E-state index in [2.05, 4.69) is 5.32 Å². The summed E-state index contributed by atoms with van der Waals surface area (Å²) < 4.78 is 6.03. The van der Waals surface area contributed by atoms with Gasteiger partial charge in [0.1, 0.15) is 0 Å². The van der Waals surface area contributed by atoms with Crippen molar-refractivity contribution in [3.05, 3.63) is 35.9 Å². The maximum absolute atomic E-state index is 11.1. The van der Waals surface area contributed by atoms with Crippen LogP contribution in [0.25, 0.3) is 0 Å². The monoisotopic (exact) mass is 263 g/mol. The van der Waals surface area contributed by atoms with Gasteiger partial charge in [-0.1, -0.05) is 30.3 Å². The topological polar surface area (TPSA) is 58.6 Å². The van der Waals surface area contributed by atoms with Crippen molar-refractivity contribution in [2.45, 2.75) is 37.9 Å². The lowest BCUT2D eigenvalue weighted by Crippen LogP contribution is -2.36. The Kier molecular flexibility index (Phi) is 4.93. The van der Waals surface area contributed by atoms with E-state index in [0.29, 0.717) is 6.61 Å². The van der Waals surface area contributed by atoms with Crippen molar-refractivity contribution in [2.75, 3.05) is 13.1 Å². The fourth-order valence-electron chi connectivity index (χ4n) is 2.56. The minimum absolute atomic E-state index is 0.0848. The average Bonchev–Trinajstić information content (AvgIpc) is 2.63. The van der Waals surface area contributed by atoms with Crippen molar-refractivity contribution in [3.63, 3.8) is 0 Å². The van der Waals surface area contributed by atoms with Gasteiger partial charge in [0.2, 0.25) is 0 Å². The van der Waals surface area contributed by atoms with Crippen LogP contribution >= 0.6 is 0 Å². The van der Waals surface area contributed by atoms with Crippen molar-refractivity contribution in [2.24, 2.45) is 0 Å². The van der Waals surface area contributed by atoms with E-state index in [9.17, 15) is 4.79 Å². The van der Waals surface area contributed by atoms with Gasteiger partial charge >= 0.3 is 5.97 Å². The standard InChI is InChI=1S/C15H21NO3/c17-14(18)11-15(7-4-9-16-10-8-15)19-12-13-5-2-1-3-6-13/h1-3,5-6,16H,4,7-12H2,(H,17,18). The molecule has 0 spiro atoms. The zero-order valence-electron chi connectivity index (χ0n) is 11.1. The highest BCUT2D eigenvalue weighted by Gasteiger charge is 2.34. The molecule has 1 aliphatic rings. The maximum Gasteiger partial charge on any atom is 0.306 e. The molecule has 4 heteroatoms. The predicted octanol–water partition coefficient (Wildman–Crippen LogP) is 2.19. The molecule has 0 bridgehead atoms. The van der Waals surface area contributed by atoms with Crippen molar-refractivity contribution in [3.8, 4) is 0 Å². The first kappa shape index (κ1) is 14.0. The van der Waals surface area contributed by atoms with Crippen LogP contribution in [0, 0.1) is 0 Å². The molecule has 2 N–H and O–H groups in total. The largest absolute Gasteiger partial charge is 0.481 e. The number of benzene rings is 1. The van der Waals surface area contributed by atoms with Crippen molar-refractivity contribution in [1.82, 2.24) is 5.32 Å². The molecule has 0 amide bonds. The Morgan fingerprint density at radius 1 is 1.26 bits per heavy atom. The fourth-order valence-corrected chi connectivity index (χ4v) is 2.56. The van der Waals surface area contributed by atoms with Gasteiger partial charge in [-0.25, -0.2) is 0 Å². The van der Waals surface area contributed by atoms with Crippen molar-refractivity contribution >= 4 is 5.97 Å². The molecule has 1 aliphatic heterocycles. The molecule has 1 aromatic carbocycles. The van der Waals surface area contributed by atoms with E-state index >= 15 is 0 Å². The summed E-state index contributed by atoms with van der Waals surface area (Å²) in [6.45, 7) is 2.24. The van der Waals surface area contributed by atoms with Gasteiger partial charge < -0.3 is 15.2 Å². The predicted molar refractivity (Wildman–Crippen MR) is 72.9 cm³/mol. The molecule has 1 atom stereocenters. The summed E-state index contributed by atoms with van der Waals surface area (Å²) in [7, 11) is 0. The van der Waals surface area contributed by atoms with Crippen LogP contribution in [0.2, 0.25) is 0 Å². The fraction of sp³-hybridized carbons (Fsp3) is 0.533. The summed E-state index contributed by atoms with van der Waals surface area (Å²) in [6, 6.07) is 9.91. The summed E-state index contributed by atoms with van der Waals surface area (Å²) in [6.07, 6.45) is 2.61. The van der Waals surface area contributed by atoms with Crippen LogP contribution in [-0.2, 0) is 16.1 Å². The lowest BCUT2D eigenvalue weighted by atomic mass is 9.90. The molecule has 0 radical (unpaired) electrons. The van der Waals surface area contributed by atoms with Gasteiger partial charge in [0.15, 0.2) is 0 Å². The van der Waals surface area contributed by atoms with Crippen LogP contribution in [-0.4, -0.2) is 29.8 Å². The Bertz CT molecular complexity index is 397. The third-order valence-corrected chi connectivity index (χ3v) is 3.60. The number of hydrogen-bond acceptors (Lipinski definition) is 3. The third-order valence-electron chi connectivity index (χ3n) is 3.60. The molecule has 1 saturated heterocycles. The summed E-state index contributed by atoms with van der Waals surface area (Å²) in [5, 5.41) is 12.4. The van der Waals surface area contributed by atoms with E-state index in [4.69, 9.17) is 9.84 Å². The van der Waals surface area contributed by atoms with Gasteiger partial charge in [-0.15, -0.1) is 0 Å².